The Labute approximate surface area is 236 Å². The first kappa shape index (κ1) is 26.2. The summed E-state index contributed by atoms with van der Waals surface area (Å²) < 4.78 is 6.19. The van der Waals surface area contributed by atoms with Gasteiger partial charge >= 0.3 is 0 Å². The normalized spacial score (nSPS) is 20.9. The Morgan fingerprint density at radius 2 is 2.03 bits per heavy atom. The van der Waals surface area contributed by atoms with Gasteiger partial charge < -0.3 is 20.1 Å². The van der Waals surface area contributed by atoms with Crippen LogP contribution in [0.5, 0.6) is 5.75 Å². The summed E-state index contributed by atoms with van der Waals surface area (Å²) in [6.07, 6.45) is 4.23. The number of likely N-dealkylation sites (N-methyl/N-ethyl adjacent to an activating group) is 1. The number of amides is 1. The number of pyridine rings is 1. The van der Waals surface area contributed by atoms with Gasteiger partial charge in [-0.15, -0.1) is 11.3 Å². The largest absolute Gasteiger partial charge is 0.492 e. The summed E-state index contributed by atoms with van der Waals surface area (Å²) in [5.41, 5.74) is 4.21. The standard InChI is InChI=1S/C31H35N3O3SSi/c1-19-6-7-22(37-18-31(39)12-14-34(31)3)17-24(19)29(36)33-30(10-11-30)25-15-21(16-26-23(25)5-4-13-32-26)28-9-8-27(38-28)20(2)35/h4-9,13,15-17,20,35H,10-12,14,18H2,1-3,39H3,(H,33,36)/t20?,31-/m0/s1. The molecule has 1 unspecified atom stereocenters. The highest BCUT2D eigenvalue weighted by atomic mass is 32.1. The maximum atomic E-state index is 13.7. The van der Waals surface area contributed by atoms with E-state index in [1.165, 1.54) is 6.42 Å². The molecule has 1 saturated carbocycles. The molecule has 0 bridgehead atoms. The molecule has 2 N–H and O–H groups in total. The monoisotopic (exact) mass is 557 g/mol. The van der Waals surface area contributed by atoms with Gasteiger partial charge in [0, 0.05) is 42.3 Å². The summed E-state index contributed by atoms with van der Waals surface area (Å²) in [5, 5.41) is 14.7. The van der Waals surface area contributed by atoms with E-state index in [-0.39, 0.29) is 11.1 Å². The van der Waals surface area contributed by atoms with E-state index in [1.807, 2.05) is 43.5 Å². The molecule has 2 aromatic heterocycles. The van der Waals surface area contributed by atoms with E-state index < -0.39 is 11.6 Å². The molecule has 2 atom stereocenters. The van der Waals surface area contributed by atoms with Gasteiger partial charge in [0.2, 0.25) is 0 Å². The minimum absolute atomic E-state index is 0.0771. The van der Waals surface area contributed by atoms with Crippen LogP contribution in [0, 0.1) is 6.92 Å². The number of aryl methyl sites for hydroxylation is 1. The fourth-order valence-corrected chi connectivity index (χ4v) is 6.92. The average molecular weight is 558 g/mol. The lowest BCUT2D eigenvalue weighted by atomic mass is 9.95. The summed E-state index contributed by atoms with van der Waals surface area (Å²) in [6.45, 7) is 5.54. The third-order valence-electron chi connectivity index (χ3n) is 8.57. The summed E-state index contributed by atoms with van der Waals surface area (Å²) >= 11 is 1.59. The zero-order chi connectivity index (χ0) is 27.4. The molecular weight excluding hydrogens is 523 g/mol. The van der Waals surface area contributed by atoms with Gasteiger partial charge in [0.15, 0.2) is 0 Å². The molecule has 1 saturated heterocycles. The zero-order valence-corrected chi connectivity index (χ0v) is 25.8. The van der Waals surface area contributed by atoms with Crippen molar-refractivity contribution in [2.75, 3.05) is 20.2 Å². The van der Waals surface area contributed by atoms with Crippen LogP contribution in [0.25, 0.3) is 21.3 Å². The minimum Gasteiger partial charge on any atom is -0.492 e. The van der Waals surface area contributed by atoms with E-state index in [2.05, 4.69) is 46.5 Å². The van der Waals surface area contributed by atoms with E-state index in [0.717, 1.165) is 72.7 Å². The van der Waals surface area contributed by atoms with Crippen molar-refractivity contribution >= 4 is 38.4 Å². The first-order valence-electron chi connectivity index (χ1n) is 13.6. The number of likely N-dealkylation sites (tertiary alicyclic amines) is 1. The number of rotatable bonds is 8. The number of aliphatic hydroxyl groups excluding tert-OH is 1. The summed E-state index contributed by atoms with van der Waals surface area (Å²) in [7, 11) is 3.20. The summed E-state index contributed by atoms with van der Waals surface area (Å²) in [4.78, 5) is 22.8. The fraction of sp³-hybridized carbons (Fsp3) is 0.355. The minimum atomic E-state index is -0.501. The summed E-state index contributed by atoms with van der Waals surface area (Å²) in [5.74, 6) is 0.668. The predicted octanol–water partition coefficient (Wildman–Crippen LogP) is 4.52. The number of thiophene rings is 1. The Kier molecular flexibility index (Phi) is 6.62. The van der Waals surface area contributed by atoms with Gasteiger partial charge in [-0.05, 0) is 106 Å². The van der Waals surface area contributed by atoms with Crippen LogP contribution in [0.3, 0.4) is 0 Å². The highest BCUT2D eigenvalue weighted by molar-refractivity contribution is 7.15. The number of fused-ring (bicyclic) bond motifs is 1. The molecule has 4 aromatic rings. The Morgan fingerprint density at radius 1 is 1.21 bits per heavy atom. The van der Waals surface area contributed by atoms with E-state index in [1.54, 1.807) is 18.3 Å². The van der Waals surface area contributed by atoms with Crippen molar-refractivity contribution in [2.24, 2.45) is 0 Å². The van der Waals surface area contributed by atoms with Crippen molar-refractivity contribution in [3.05, 3.63) is 82.4 Å². The van der Waals surface area contributed by atoms with E-state index in [0.29, 0.717) is 12.2 Å². The van der Waals surface area contributed by atoms with Gasteiger partial charge in [-0.3, -0.25) is 9.78 Å². The molecule has 2 aliphatic rings. The van der Waals surface area contributed by atoms with Crippen LogP contribution in [0.2, 0.25) is 0 Å². The molecule has 0 spiro atoms. The number of hydrogen-bond acceptors (Lipinski definition) is 6. The quantitative estimate of drug-likeness (QED) is 0.312. The number of ether oxygens (including phenoxy) is 1. The maximum Gasteiger partial charge on any atom is 0.252 e. The lowest BCUT2D eigenvalue weighted by molar-refractivity contribution is 0.0408. The van der Waals surface area contributed by atoms with Crippen LogP contribution in [0.1, 0.15) is 58.7 Å². The summed E-state index contributed by atoms with van der Waals surface area (Å²) in [6, 6.07) is 18.2. The van der Waals surface area contributed by atoms with Crippen LogP contribution in [0.4, 0.5) is 0 Å². The molecule has 0 radical (unpaired) electrons. The molecule has 202 valence electrons. The number of nitrogens with zero attached hydrogens (tertiary/aromatic N) is 2. The zero-order valence-electron chi connectivity index (χ0n) is 23.0. The molecule has 6 rings (SSSR count). The number of aliphatic hydroxyl groups is 1. The smallest absolute Gasteiger partial charge is 0.252 e. The first-order chi connectivity index (χ1) is 18.7. The van der Waals surface area contributed by atoms with Gasteiger partial charge in [0.05, 0.1) is 17.2 Å². The topological polar surface area (TPSA) is 74.7 Å². The third-order valence-corrected chi connectivity index (χ3v) is 11.4. The second kappa shape index (κ2) is 9.85. The van der Waals surface area contributed by atoms with Crippen LogP contribution < -0.4 is 10.1 Å². The van der Waals surface area contributed by atoms with Gasteiger partial charge in [-0.25, -0.2) is 0 Å². The van der Waals surface area contributed by atoms with Crippen molar-refractivity contribution in [3.63, 3.8) is 0 Å². The molecule has 3 heterocycles. The Morgan fingerprint density at radius 3 is 2.69 bits per heavy atom. The Balaban J connectivity index is 1.29. The highest BCUT2D eigenvalue weighted by Gasteiger charge is 2.47. The van der Waals surface area contributed by atoms with Gasteiger partial charge in [-0.1, -0.05) is 12.1 Å². The lowest BCUT2D eigenvalue weighted by Crippen LogP contribution is -2.61. The molecular formula is C31H35N3O3SSi. The molecule has 1 aliphatic carbocycles. The molecule has 1 aliphatic heterocycles. The van der Waals surface area contributed by atoms with Crippen molar-refractivity contribution in [1.82, 2.24) is 15.2 Å². The average Bonchev–Trinajstić information content (AvgIpc) is 3.53. The van der Waals surface area contributed by atoms with Crippen LogP contribution in [-0.4, -0.2) is 56.5 Å². The number of aromatic nitrogens is 1. The lowest BCUT2D eigenvalue weighted by Gasteiger charge is -2.48. The van der Waals surface area contributed by atoms with E-state index >= 15 is 0 Å². The number of carbonyl (C=O) groups is 1. The number of hydrogen-bond donors (Lipinski definition) is 2. The number of nitrogens with one attached hydrogen (secondary N) is 1. The SMILES string of the molecule is Cc1ccc(OC[C@@]2([SiH3])CCN2C)cc1C(=O)NC1(c2cc(-c3ccc(C(C)O)s3)cc3ncccc23)CC1. The van der Waals surface area contributed by atoms with Crippen LogP contribution in [0.15, 0.2) is 60.8 Å². The third kappa shape index (κ3) is 4.91. The van der Waals surface area contributed by atoms with Gasteiger partial charge in [-0.2, -0.15) is 0 Å². The first-order valence-corrected chi connectivity index (χ1v) is 15.4. The van der Waals surface area contributed by atoms with E-state index in [4.69, 9.17) is 4.74 Å². The second-order valence-corrected chi connectivity index (χ2v) is 14.4. The van der Waals surface area contributed by atoms with Crippen molar-refractivity contribution < 1.29 is 14.6 Å². The molecule has 39 heavy (non-hydrogen) atoms. The van der Waals surface area contributed by atoms with Crippen molar-refractivity contribution in [3.8, 4) is 16.2 Å². The molecule has 1 amide bonds. The highest BCUT2D eigenvalue weighted by Crippen LogP contribution is 2.49. The van der Waals surface area contributed by atoms with Crippen molar-refractivity contribution in [1.29, 1.82) is 0 Å². The number of benzene rings is 2. The Hall–Kier alpha value is -3.04. The van der Waals surface area contributed by atoms with Gasteiger partial charge in [0.1, 0.15) is 12.4 Å². The second-order valence-electron chi connectivity index (χ2n) is 11.4. The fourth-order valence-electron chi connectivity index (χ4n) is 5.40. The molecule has 2 fully saturated rings. The molecule has 8 heteroatoms. The molecule has 6 nitrogen and oxygen atoms in total. The van der Waals surface area contributed by atoms with Gasteiger partial charge in [0.25, 0.3) is 5.91 Å². The number of carbonyl (C=O) groups excluding carboxylic acids is 1. The van der Waals surface area contributed by atoms with Crippen LogP contribution >= 0.6 is 11.3 Å². The Bertz CT molecular complexity index is 1560. The molecule has 2 aromatic carbocycles. The van der Waals surface area contributed by atoms with Crippen molar-refractivity contribution in [2.45, 2.75) is 49.9 Å². The predicted molar refractivity (Wildman–Crippen MR) is 161 cm³/mol. The van der Waals surface area contributed by atoms with Crippen LogP contribution in [-0.2, 0) is 5.54 Å². The van der Waals surface area contributed by atoms with E-state index in [9.17, 15) is 9.90 Å². The maximum absolute atomic E-state index is 13.7.